The van der Waals surface area contributed by atoms with Crippen LogP contribution in [0.4, 0.5) is 5.69 Å². The first-order valence-electron chi connectivity index (χ1n) is 6.46. The lowest BCUT2D eigenvalue weighted by atomic mass is 10.1. The zero-order chi connectivity index (χ0) is 13.0. The highest BCUT2D eigenvalue weighted by Crippen LogP contribution is 2.30. The molecule has 0 saturated carbocycles. The lowest BCUT2D eigenvalue weighted by molar-refractivity contribution is -0.118. The highest BCUT2D eigenvalue weighted by molar-refractivity contribution is 5.95. The normalized spacial score (nSPS) is 16.4. The Morgan fingerprint density at radius 3 is 3.06 bits per heavy atom. The van der Waals surface area contributed by atoms with Crippen LogP contribution in [0.3, 0.4) is 0 Å². The molecule has 1 atom stereocenters. The average molecular weight is 248 g/mol. The number of hydrogen-bond acceptors (Lipinski definition) is 3. The van der Waals surface area contributed by atoms with Crippen molar-refractivity contribution in [3.05, 3.63) is 24.3 Å². The molecule has 1 aromatic rings. The Bertz CT molecular complexity index is 418. The summed E-state index contributed by atoms with van der Waals surface area (Å²) in [5, 5.41) is 0. The summed E-state index contributed by atoms with van der Waals surface area (Å²) >= 11 is 0. The van der Waals surface area contributed by atoms with E-state index < -0.39 is 0 Å². The van der Waals surface area contributed by atoms with Crippen molar-refractivity contribution in [2.24, 2.45) is 5.73 Å². The number of ether oxygens (including phenoxy) is 1. The van der Waals surface area contributed by atoms with Crippen LogP contribution in [0.2, 0.25) is 0 Å². The molecule has 0 aromatic heterocycles. The third-order valence-corrected chi connectivity index (χ3v) is 3.05. The lowest BCUT2D eigenvalue weighted by Gasteiger charge is -2.22. The molecule has 1 aromatic carbocycles. The molecule has 4 heteroatoms. The number of hydrogen-bond donors (Lipinski definition) is 1. The van der Waals surface area contributed by atoms with E-state index in [4.69, 9.17) is 10.5 Å². The highest BCUT2D eigenvalue weighted by atomic mass is 16.5. The summed E-state index contributed by atoms with van der Waals surface area (Å²) < 4.78 is 5.64. The predicted octanol–water partition coefficient (Wildman–Crippen LogP) is 1.93. The molecule has 0 saturated heterocycles. The summed E-state index contributed by atoms with van der Waals surface area (Å²) in [7, 11) is 0. The average Bonchev–Trinajstić information content (AvgIpc) is 2.58. The molecule has 1 heterocycles. The van der Waals surface area contributed by atoms with E-state index in [1.54, 1.807) is 0 Å². The van der Waals surface area contributed by atoms with Crippen LogP contribution < -0.4 is 15.4 Å². The molecule has 1 unspecified atom stereocenters. The minimum absolute atomic E-state index is 0.0624. The van der Waals surface area contributed by atoms with Gasteiger partial charge in [0.05, 0.1) is 12.3 Å². The molecule has 0 aliphatic carbocycles. The van der Waals surface area contributed by atoms with Crippen molar-refractivity contribution in [3.63, 3.8) is 0 Å². The van der Waals surface area contributed by atoms with Crippen LogP contribution in [0.15, 0.2) is 24.3 Å². The van der Waals surface area contributed by atoms with E-state index in [2.05, 4.69) is 0 Å². The van der Waals surface area contributed by atoms with Gasteiger partial charge in [0, 0.05) is 19.0 Å². The summed E-state index contributed by atoms with van der Waals surface area (Å²) in [6.07, 6.45) is 2.07. The second-order valence-corrected chi connectivity index (χ2v) is 4.73. The molecule has 0 radical (unpaired) electrons. The SMILES string of the molecule is CC(N)CCC(=O)N1CCCOc2ccccc21. The number of carbonyl (C=O) groups excluding carboxylic acids is 1. The first kappa shape index (κ1) is 12.9. The smallest absolute Gasteiger partial charge is 0.227 e. The Labute approximate surface area is 108 Å². The third-order valence-electron chi connectivity index (χ3n) is 3.05. The predicted molar refractivity (Wildman–Crippen MR) is 71.8 cm³/mol. The van der Waals surface area contributed by atoms with Crippen molar-refractivity contribution >= 4 is 11.6 Å². The maximum atomic E-state index is 12.2. The van der Waals surface area contributed by atoms with E-state index in [0.29, 0.717) is 13.0 Å². The molecule has 18 heavy (non-hydrogen) atoms. The van der Waals surface area contributed by atoms with Gasteiger partial charge in [0.25, 0.3) is 0 Å². The molecule has 1 amide bonds. The highest BCUT2D eigenvalue weighted by Gasteiger charge is 2.21. The van der Waals surface area contributed by atoms with Crippen molar-refractivity contribution in [2.75, 3.05) is 18.1 Å². The number of para-hydroxylation sites is 2. The molecular weight excluding hydrogens is 228 g/mol. The summed E-state index contributed by atoms with van der Waals surface area (Å²) in [6.45, 7) is 3.30. The van der Waals surface area contributed by atoms with Crippen molar-refractivity contribution in [3.8, 4) is 5.75 Å². The fourth-order valence-electron chi connectivity index (χ4n) is 2.07. The van der Waals surface area contributed by atoms with Crippen molar-refractivity contribution < 1.29 is 9.53 Å². The van der Waals surface area contributed by atoms with Crippen molar-refractivity contribution in [1.82, 2.24) is 0 Å². The van der Waals surface area contributed by atoms with E-state index in [-0.39, 0.29) is 11.9 Å². The van der Waals surface area contributed by atoms with Gasteiger partial charge in [-0.1, -0.05) is 12.1 Å². The first-order chi connectivity index (χ1) is 8.68. The van der Waals surface area contributed by atoms with Crippen molar-refractivity contribution in [1.29, 1.82) is 0 Å². The van der Waals surface area contributed by atoms with Crippen LogP contribution in [0.25, 0.3) is 0 Å². The van der Waals surface area contributed by atoms with Gasteiger partial charge < -0.3 is 15.4 Å². The number of nitrogens with two attached hydrogens (primary N) is 1. The van der Waals surface area contributed by atoms with Gasteiger partial charge in [-0.15, -0.1) is 0 Å². The molecule has 0 fully saturated rings. The standard InChI is InChI=1S/C14H20N2O2/c1-11(15)7-8-14(17)16-9-4-10-18-13-6-3-2-5-12(13)16/h2-3,5-6,11H,4,7-10,15H2,1H3. The Morgan fingerprint density at radius 2 is 2.28 bits per heavy atom. The maximum absolute atomic E-state index is 12.2. The van der Waals surface area contributed by atoms with Crippen LogP contribution >= 0.6 is 0 Å². The topological polar surface area (TPSA) is 55.6 Å². The Hall–Kier alpha value is -1.55. The van der Waals surface area contributed by atoms with Gasteiger partial charge in [-0.25, -0.2) is 0 Å². The van der Waals surface area contributed by atoms with Crippen LogP contribution in [-0.4, -0.2) is 25.1 Å². The molecule has 0 bridgehead atoms. The second kappa shape index (κ2) is 5.87. The van der Waals surface area contributed by atoms with Crippen LogP contribution in [0.5, 0.6) is 5.75 Å². The summed E-state index contributed by atoms with van der Waals surface area (Å²) in [6, 6.07) is 7.76. The van der Waals surface area contributed by atoms with Gasteiger partial charge in [0.15, 0.2) is 0 Å². The maximum Gasteiger partial charge on any atom is 0.227 e. The minimum atomic E-state index is 0.0624. The Kier molecular flexibility index (Phi) is 4.20. The zero-order valence-corrected chi connectivity index (χ0v) is 10.8. The molecule has 2 rings (SSSR count). The van der Waals surface area contributed by atoms with E-state index in [1.165, 1.54) is 0 Å². The van der Waals surface area contributed by atoms with E-state index in [0.717, 1.165) is 30.8 Å². The molecule has 98 valence electrons. The third kappa shape index (κ3) is 3.01. The van der Waals surface area contributed by atoms with Gasteiger partial charge in [-0.05, 0) is 31.9 Å². The quantitative estimate of drug-likeness (QED) is 0.889. The van der Waals surface area contributed by atoms with Crippen LogP contribution in [0.1, 0.15) is 26.2 Å². The Balaban J connectivity index is 2.14. The number of benzene rings is 1. The number of anilines is 1. The van der Waals surface area contributed by atoms with Gasteiger partial charge in [-0.3, -0.25) is 4.79 Å². The van der Waals surface area contributed by atoms with Gasteiger partial charge in [0.2, 0.25) is 5.91 Å². The number of fused-ring (bicyclic) bond motifs is 1. The van der Waals surface area contributed by atoms with E-state index in [1.807, 2.05) is 36.1 Å². The molecule has 2 N–H and O–H groups in total. The minimum Gasteiger partial charge on any atom is -0.491 e. The van der Waals surface area contributed by atoms with Crippen LogP contribution in [-0.2, 0) is 4.79 Å². The molecular formula is C14H20N2O2. The summed E-state index contributed by atoms with van der Waals surface area (Å²) in [5.41, 5.74) is 6.58. The van der Waals surface area contributed by atoms with Crippen LogP contribution in [0, 0.1) is 0 Å². The first-order valence-corrected chi connectivity index (χ1v) is 6.46. The largest absolute Gasteiger partial charge is 0.491 e. The molecule has 4 nitrogen and oxygen atoms in total. The fraction of sp³-hybridized carbons (Fsp3) is 0.500. The van der Waals surface area contributed by atoms with Gasteiger partial charge in [0.1, 0.15) is 5.75 Å². The zero-order valence-electron chi connectivity index (χ0n) is 10.8. The number of carbonyl (C=O) groups is 1. The van der Waals surface area contributed by atoms with E-state index >= 15 is 0 Å². The van der Waals surface area contributed by atoms with Gasteiger partial charge in [-0.2, -0.15) is 0 Å². The molecule has 1 aliphatic rings. The van der Waals surface area contributed by atoms with E-state index in [9.17, 15) is 4.79 Å². The molecule has 0 spiro atoms. The number of nitrogens with zero attached hydrogens (tertiary/aromatic N) is 1. The summed E-state index contributed by atoms with van der Waals surface area (Å²) in [5.74, 6) is 0.925. The lowest BCUT2D eigenvalue weighted by Crippen LogP contribution is -2.32. The molecule has 1 aliphatic heterocycles. The fourth-order valence-corrected chi connectivity index (χ4v) is 2.07. The van der Waals surface area contributed by atoms with Gasteiger partial charge >= 0.3 is 0 Å². The number of amides is 1. The van der Waals surface area contributed by atoms with Crippen molar-refractivity contribution in [2.45, 2.75) is 32.2 Å². The Morgan fingerprint density at radius 1 is 1.50 bits per heavy atom. The second-order valence-electron chi connectivity index (χ2n) is 4.73. The number of rotatable bonds is 3. The monoisotopic (exact) mass is 248 g/mol. The summed E-state index contributed by atoms with van der Waals surface area (Å²) in [4.78, 5) is 14.1.